The molecule has 2 amide bonds. The van der Waals surface area contributed by atoms with Crippen molar-refractivity contribution in [1.82, 2.24) is 10.6 Å². The van der Waals surface area contributed by atoms with Gasteiger partial charge in [0, 0.05) is 29.6 Å². The lowest BCUT2D eigenvalue weighted by atomic mass is 9.99. The summed E-state index contributed by atoms with van der Waals surface area (Å²) < 4.78 is 19.4. The quantitative estimate of drug-likeness (QED) is 0.461. The number of rotatable bonds is 5. The smallest absolute Gasteiger partial charge is 0.255 e. The van der Waals surface area contributed by atoms with E-state index in [9.17, 15) is 14.0 Å². The third-order valence-corrected chi connectivity index (χ3v) is 5.64. The Kier molecular flexibility index (Phi) is 4.98. The van der Waals surface area contributed by atoms with Crippen LogP contribution in [0.15, 0.2) is 71.1 Å². The highest BCUT2D eigenvalue weighted by Crippen LogP contribution is 2.36. The van der Waals surface area contributed by atoms with E-state index < -0.39 is 0 Å². The van der Waals surface area contributed by atoms with Crippen molar-refractivity contribution in [3.05, 3.63) is 83.7 Å². The number of furan rings is 1. The molecule has 0 atom stereocenters. The molecule has 6 heteroatoms. The van der Waals surface area contributed by atoms with E-state index in [-0.39, 0.29) is 17.6 Å². The molecule has 160 valence electrons. The Morgan fingerprint density at radius 1 is 0.875 bits per heavy atom. The summed E-state index contributed by atoms with van der Waals surface area (Å²) in [7, 11) is 1.56. The van der Waals surface area contributed by atoms with Gasteiger partial charge in [-0.2, -0.15) is 0 Å². The molecule has 0 spiro atoms. The number of hydrogen-bond donors (Lipinski definition) is 2. The number of fused-ring (bicyclic) bond motifs is 1. The van der Waals surface area contributed by atoms with Crippen molar-refractivity contribution in [2.24, 2.45) is 0 Å². The van der Waals surface area contributed by atoms with Gasteiger partial charge in [-0.3, -0.25) is 9.59 Å². The fourth-order valence-electron chi connectivity index (χ4n) is 3.74. The van der Waals surface area contributed by atoms with E-state index in [0.717, 1.165) is 24.0 Å². The zero-order valence-electron chi connectivity index (χ0n) is 17.4. The minimum atomic E-state index is -0.358. The van der Waals surface area contributed by atoms with Gasteiger partial charge in [0.2, 0.25) is 0 Å². The summed E-state index contributed by atoms with van der Waals surface area (Å²) in [5.74, 6) is -0.311. The first-order valence-electron chi connectivity index (χ1n) is 10.5. The normalized spacial score (nSPS) is 13.2. The second-order valence-electron chi connectivity index (χ2n) is 7.93. The summed E-state index contributed by atoms with van der Waals surface area (Å²) in [6.45, 7) is 0. The molecule has 4 aromatic rings. The van der Waals surface area contributed by atoms with Crippen LogP contribution in [0.3, 0.4) is 0 Å². The van der Waals surface area contributed by atoms with Crippen LogP contribution in [0, 0.1) is 5.82 Å². The van der Waals surface area contributed by atoms with Crippen molar-refractivity contribution >= 4 is 22.8 Å². The second-order valence-corrected chi connectivity index (χ2v) is 7.93. The predicted octanol–water partition coefficient (Wildman–Crippen LogP) is 5.16. The molecule has 1 aromatic heterocycles. The van der Waals surface area contributed by atoms with Crippen LogP contribution in [0.1, 0.15) is 33.6 Å². The summed E-state index contributed by atoms with van der Waals surface area (Å²) >= 11 is 0. The summed E-state index contributed by atoms with van der Waals surface area (Å²) in [5, 5.41) is 6.31. The standard InChI is InChI=1S/C26H21FN2O3/c1-28-26(31)23-21-14-18(15-2-4-17(5-3-15)25(30)29-20-11-12-20)8-13-22(21)32-24(23)16-6-9-19(27)10-7-16/h2-10,13-14,20H,11-12H2,1H3,(H,28,31)(H,29,30). The average Bonchev–Trinajstić information content (AvgIpc) is 3.55. The number of amides is 2. The summed E-state index contributed by atoms with van der Waals surface area (Å²) in [6, 6.07) is 19.2. The first-order chi connectivity index (χ1) is 15.5. The molecule has 0 saturated heterocycles. The van der Waals surface area contributed by atoms with Crippen molar-refractivity contribution < 1.29 is 18.4 Å². The van der Waals surface area contributed by atoms with Crippen molar-refractivity contribution in [3.8, 4) is 22.5 Å². The largest absolute Gasteiger partial charge is 0.455 e. The molecule has 3 aromatic carbocycles. The van der Waals surface area contributed by atoms with Gasteiger partial charge in [0.1, 0.15) is 17.2 Å². The number of halogens is 1. The predicted molar refractivity (Wildman–Crippen MR) is 121 cm³/mol. The maximum Gasteiger partial charge on any atom is 0.255 e. The van der Waals surface area contributed by atoms with E-state index >= 15 is 0 Å². The van der Waals surface area contributed by atoms with Crippen LogP contribution in [0.25, 0.3) is 33.4 Å². The molecular weight excluding hydrogens is 407 g/mol. The first kappa shape index (κ1) is 20.0. The minimum absolute atomic E-state index is 0.0600. The van der Waals surface area contributed by atoms with Crippen LogP contribution in [0.5, 0.6) is 0 Å². The topological polar surface area (TPSA) is 71.3 Å². The highest BCUT2D eigenvalue weighted by atomic mass is 19.1. The first-order valence-corrected chi connectivity index (χ1v) is 10.5. The van der Waals surface area contributed by atoms with Crippen LogP contribution < -0.4 is 10.6 Å². The molecule has 1 aliphatic rings. The van der Waals surface area contributed by atoms with E-state index in [1.165, 1.54) is 12.1 Å². The van der Waals surface area contributed by atoms with Crippen LogP contribution in [-0.4, -0.2) is 24.9 Å². The highest BCUT2D eigenvalue weighted by Gasteiger charge is 2.24. The van der Waals surface area contributed by atoms with E-state index in [1.807, 2.05) is 30.3 Å². The zero-order valence-corrected chi connectivity index (χ0v) is 17.4. The van der Waals surface area contributed by atoms with E-state index in [0.29, 0.717) is 39.5 Å². The number of benzene rings is 3. The molecule has 1 fully saturated rings. The Balaban J connectivity index is 1.54. The van der Waals surface area contributed by atoms with Crippen molar-refractivity contribution in [2.75, 3.05) is 7.05 Å². The fraction of sp³-hybridized carbons (Fsp3) is 0.154. The molecule has 5 nitrogen and oxygen atoms in total. The van der Waals surface area contributed by atoms with Gasteiger partial charge < -0.3 is 15.1 Å². The molecule has 32 heavy (non-hydrogen) atoms. The van der Waals surface area contributed by atoms with E-state index in [2.05, 4.69) is 10.6 Å². The van der Waals surface area contributed by atoms with Crippen LogP contribution in [0.4, 0.5) is 4.39 Å². The molecule has 1 heterocycles. The molecule has 0 aliphatic heterocycles. The lowest BCUT2D eigenvalue weighted by molar-refractivity contribution is 0.0947. The van der Waals surface area contributed by atoms with Gasteiger partial charge in [0.25, 0.3) is 11.8 Å². The zero-order chi connectivity index (χ0) is 22.2. The Bertz CT molecular complexity index is 1320. The summed E-state index contributed by atoms with van der Waals surface area (Å²) in [4.78, 5) is 25.0. The highest BCUT2D eigenvalue weighted by molar-refractivity contribution is 6.11. The Morgan fingerprint density at radius 3 is 2.19 bits per heavy atom. The second kappa shape index (κ2) is 7.96. The number of hydrogen-bond acceptors (Lipinski definition) is 3. The van der Waals surface area contributed by atoms with Gasteiger partial charge in [-0.1, -0.05) is 18.2 Å². The lowest BCUT2D eigenvalue weighted by Gasteiger charge is -2.06. The fourth-order valence-corrected chi connectivity index (χ4v) is 3.74. The molecule has 2 N–H and O–H groups in total. The van der Waals surface area contributed by atoms with E-state index in [4.69, 9.17) is 4.42 Å². The SMILES string of the molecule is CNC(=O)c1c(-c2ccc(F)cc2)oc2ccc(-c3ccc(C(=O)NC4CC4)cc3)cc12. The van der Waals surface area contributed by atoms with Crippen LogP contribution in [0.2, 0.25) is 0 Å². The summed E-state index contributed by atoms with van der Waals surface area (Å²) in [5.41, 5.74) is 4.01. The molecule has 1 saturated carbocycles. The average molecular weight is 428 g/mol. The van der Waals surface area contributed by atoms with Crippen LogP contribution >= 0.6 is 0 Å². The molecule has 1 aliphatic carbocycles. The molecule has 0 radical (unpaired) electrons. The van der Waals surface area contributed by atoms with Gasteiger partial charge in [-0.25, -0.2) is 4.39 Å². The van der Waals surface area contributed by atoms with E-state index in [1.54, 1.807) is 31.3 Å². The van der Waals surface area contributed by atoms with Crippen molar-refractivity contribution in [2.45, 2.75) is 18.9 Å². The monoisotopic (exact) mass is 428 g/mol. The van der Waals surface area contributed by atoms with Crippen LogP contribution in [-0.2, 0) is 0 Å². The Hall–Kier alpha value is -3.93. The third kappa shape index (κ3) is 3.75. The third-order valence-electron chi connectivity index (χ3n) is 5.64. The molecule has 0 unspecified atom stereocenters. The number of carbonyl (C=O) groups excluding carboxylic acids is 2. The Labute approximate surface area is 184 Å². The molecular formula is C26H21FN2O3. The van der Waals surface area contributed by atoms with Crippen molar-refractivity contribution in [1.29, 1.82) is 0 Å². The van der Waals surface area contributed by atoms with Crippen molar-refractivity contribution in [3.63, 3.8) is 0 Å². The van der Waals surface area contributed by atoms with Gasteiger partial charge >= 0.3 is 0 Å². The maximum atomic E-state index is 13.4. The summed E-state index contributed by atoms with van der Waals surface area (Å²) in [6.07, 6.45) is 2.09. The van der Waals surface area contributed by atoms with Gasteiger partial charge in [0.15, 0.2) is 0 Å². The van der Waals surface area contributed by atoms with Gasteiger partial charge in [-0.15, -0.1) is 0 Å². The lowest BCUT2D eigenvalue weighted by Crippen LogP contribution is -2.25. The van der Waals surface area contributed by atoms with Gasteiger partial charge in [-0.05, 0) is 72.5 Å². The minimum Gasteiger partial charge on any atom is -0.455 e. The number of carbonyl (C=O) groups is 2. The number of nitrogens with one attached hydrogen (secondary N) is 2. The maximum absolute atomic E-state index is 13.4. The van der Waals surface area contributed by atoms with Gasteiger partial charge in [0.05, 0.1) is 5.56 Å². The Morgan fingerprint density at radius 2 is 1.53 bits per heavy atom. The molecule has 5 rings (SSSR count). The molecule has 0 bridgehead atoms.